The Morgan fingerprint density at radius 1 is 1.33 bits per heavy atom. The Bertz CT molecular complexity index is 231. The molecule has 18 heavy (non-hydrogen) atoms. The molecule has 1 aliphatic heterocycles. The summed E-state index contributed by atoms with van der Waals surface area (Å²) in [5.74, 6) is -1.13. The van der Waals surface area contributed by atoms with E-state index in [2.05, 4.69) is 19.2 Å². The minimum atomic E-state index is -4.03. The first kappa shape index (κ1) is 15.8. The van der Waals surface area contributed by atoms with Crippen LogP contribution >= 0.6 is 0 Å². The number of hydrogen-bond donors (Lipinski definition) is 1. The van der Waals surface area contributed by atoms with E-state index in [0.29, 0.717) is 12.8 Å². The van der Waals surface area contributed by atoms with Gasteiger partial charge in [0.25, 0.3) is 0 Å². The van der Waals surface area contributed by atoms with Gasteiger partial charge in [0.05, 0.1) is 5.92 Å². The van der Waals surface area contributed by atoms with Crippen molar-refractivity contribution in [3.8, 4) is 0 Å². The van der Waals surface area contributed by atoms with Crippen molar-refractivity contribution in [3.63, 3.8) is 0 Å². The minimum absolute atomic E-state index is 0.176. The summed E-state index contributed by atoms with van der Waals surface area (Å²) < 4.78 is 38.2. The van der Waals surface area contributed by atoms with Crippen LogP contribution in [0.2, 0.25) is 0 Å². The molecule has 0 radical (unpaired) electrons. The third-order valence-corrected chi connectivity index (χ3v) is 3.71. The van der Waals surface area contributed by atoms with Gasteiger partial charge in [-0.3, -0.25) is 4.90 Å². The normalized spacial score (nSPS) is 24.2. The molecule has 0 amide bonds. The van der Waals surface area contributed by atoms with Gasteiger partial charge in [0, 0.05) is 19.1 Å². The number of alkyl halides is 3. The van der Waals surface area contributed by atoms with Crippen molar-refractivity contribution >= 4 is 0 Å². The van der Waals surface area contributed by atoms with Crippen molar-refractivity contribution in [3.05, 3.63) is 0 Å². The third-order valence-electron chi connectivity index (χ3n) is 3.71. The fourth-order valence-electron chi connectivity index (χ4n) is 2.58. The summed E-state index contributed by atoms with van der Waals surface area (Å²) >= 11 is 0. The summed E-state index contributed by atoms with van der Waals surface area (Å²) in [6.07, 6.45) is -1.12. The van der Waals surface area contributed by atoms with Crippen molar-refractivity contribution in [2.24, 2.45) is 5.92 Å². The van der Waals surface area contributed by atoms with Crippen LogP contribution in [0.3, 0.4) is 0 Å². The Kier molecular flexibility index (Phi) is 6.43. The van der Waals surface area contributed by atoms with Crippen molar-refractivity contribution < 1.29 is 13.2 Å². The number of likely N-dealkylation sites (tertiary alicyclic amines) is 1. The van der Waals surface area contributed by atoms with E-state index in [1.54, 1.807) is 0 Å². The highest BCUT2D eigenvalue weighted by molar-refractivity contribution is 4.82. The third kappa shape index (κ3) is 4.76. The minimum Gasteiger partial charge on any atom is -0.315 e. The Morgan fingerprint density at radius 2 is 2.06 bits per heavy atom. The standard InChI is InChI=1S/C13H25F3N2/c1-3-7-17-9-12(4-2)18-8-5-6-11(10-18)13(14,15)16/h11-12,17H,3-10H2,1-2H3. The van der Waals surface area contributed by atoms with Crippen molar-refractivity contribution in [1.29, 1.82) is 0 Å². The van der Waals surface area contributed by atoms with Gasteiger partial charge in [-0.05, 0) is 38.8 Å². The molecule has 1 N–H and O–H groups in total. The molecule has 0 aromatic carbocycles. The Morgan fingerprint density at radius 3 is 2.61 bits per heavy atom. The zero-order valence-electron chi connectivity index (χ0n) is 11.4. The van der Waals surface area contributed by atoms with E-state index in [1.165, 1.54) is 0 Å². The molecular weight excluding hydrogens is 241 g/mol. The number of halogens is 3. The largest absolute Gasteiger partial charge is 0.393 e. The van der Waals surface area contributed by atoms with Gasteiger partial charge in [-0.2, -0.15) is 13.2 Å². The Balaban J connectivity index is 2.47. The number of rotatable bonds is 6. The molecule has 1 fully saturated rings. The van der Waals surface area contributed by atoms with E-state index in [4.69, 9.17) is 0 Å². The predicted molar refractivity (Wildman–Crippen MR) is 67.6 cm³/mol. The van der Waals surface area contributed by atoms with Gasteiger partial charge in [0.15, 0.2) is 0 Å². The second kappa shape index (κ2) is 7.34. The molecule has 2 atom stereocenters. The highest BCUT2D eigenvalue weighted by atomic mass is 19.4. The molecule has 1 heterocycles. The van der Waals surface area contributed by atoms with Crippen LogP contribution in [-0.2, 0) is 0 Å². The van der Waals surface area contributed by atoms with Crippen LogP contribution in [0.15, 0.2) is 0 Å². The van der Waals surface area contributed by atoms with Gasteiger partial charge in [0.2, 0.25) is 0 Å². The fourth-order valence-corrected chi connectivity index (χ4v) is 2.58. The van der Waals surface area contributed by atoms with Crippen LogP contribution in [0.4, 0.5) is 13.2 Å². The first-order valence-electron chi connectivity index (χ1n) is 7.00. The highest BCUT2D eigenvalue weighted by Gasteiger charge is 2.42. The molecule has 0 saturated carbocycles. The van der Waals surface area contributed by atoms with E-state index in [-0.39, 0.29) is 12.6 Å². The molecular formula is C13H25F3N2. The zero-order chi connectivity index (χ0) is 13.6. The maximum absolute atomic E-state index is 12.7. The summed E-state index contributed by atoms with van der Waals surface area (Å²) in [5, 5.41) is 3.31. The fraction of sp³-hybridized carbons (Fsp3) is 1.00. The van der Waals surface area contributed by atoms with Gasteiger partial charge in [-0.25, -0.2) is 0 Å². The number of hydrogen-bond acceptors (Lipinski definition) is 2. The van der Waals surface area contributed by atoms with Crippen LogP contribution in [0.25, 0.3) is 0 Å². The second-order valence-corrected chi connectivity index (χ2v) is 5.14. The van der Waals surface area contributed by atoms with Gasteiger partial charge >= 0.3 is 6.18 Å². The first-order chi connectivity index (χ1) is 8.49. The molecule has 0 aromatic heterocycles. The lowest BCUT2D eigenvalue weighted by Gasteiger charge is -2.38. The molecule has 2 nitrogen and oxygen atoms in total. The summed E-state index contributed by atoms with van der Waals surface area (Å²) in [5.41, 5.74) is 0. The van der Waals surface area contributed by atoms with E-state index < -0.39 is 12.1 Å². The average molecular weight is 266 g/mol. The number of nitrogens with one attached hydrogen (secondary N) is 1. The molecule has 1 saturated heterocycles. The quantitative estimate of drug-likeness (QED) is 0.743. The molecule has 108 valence electrons. The maximum Gasteiger partial charge on any atom is 0.393 e. The molecule has 0 bridgehead atoms. The van der Waals surface area contributed by atoms with Crippen molar-refractivity contribution in [2.45, 2.75) is 51.7 Å². The van der Waals surface area contributed by atoms with Crippen molar-refractivity contribution in [2.75, 3.05) is 26.2 Å². The Labute approximate surface area is 108 Å². The van der Waals surface area contributed by atoms with E-state index in [1.807, 2.05) is 4.90 Å². The number of piperidine rings is 1. The zero-order valence-corrected chi connectivity index (χ0v) is 11.4. The molecule has 1 aliphatic rings. The predicted octanol–water partition coefficient (Wildman–Crippen LogP) is 3.04. The molecule has 5 heteroatoms. The molecule has 0 aliphatic carbocycles. The summed E-state index contributed by atoms with van der Waals surface area (Å²) in [7, 11) is 0. The summed E-state index contributed by atoms with van der Waals surface area (Å²) in [6.45, 7) is 6.86. The average Bonchev–Trinajstić information content (AvgIpc) is 2.34. The SMILES string of the molecule is CCCNCC(CC)N1CCCC(C(F)(F)F)C1. The highest BCUT2D eigenvalue weighted by Crippen LogP contribution is 2.33. The first-order valence-corrected chi connectivity index (χ1v) is 7.00. The Hall–Kier alpha value is -0.290. The molecule has 0 aromatic rings. The summed E-state index contributed by atoms with van der Waals surface area (Å²) in [6, 6.07) is 0.238. The van der Waals surface area contributed by atoms with Crippen molar-refractivity contribution in [1.82, 2.24) is 10.2 Å². The monoisotopic (exact) mass is 266 g/mol. The molecule has 1 rings (SSSR count). The van der Waals surface area contributed by atoms with E-state index >= 15 is 0 Å². The van der Waals surface area contributed by atoms with Crippen LogP contribution in [0.1, 0.15) is 39.5 Å². The van der Waals surface area contributed by atoms with Crippen LogP contribution in [0, 0.1) is 5.92 Å². The molecule has 0 spiro atoms. The summed E-state index contributed by atoms with van der Waals surface area (Å²) in [4.78, 5) is 2.02. The lowest BCUT2D eigenvalue weighted by atomic mass is 9.95. The number of nitrogens with zero attached hydrogens (tertiary/aromatic N) is 1. The van der Waals surface area contributed by atoms with E-state index in [0.717, 1.165) is 32.5 Å². The van der Waals surface area contributed by atoms with Gasteiger partial charge < -0.3 is 5.32 Å². The van der Waals surface area contributed by atoms with Crippen LogP contribution < -0.4 is 5.32 Å². The van der Waals surface area contributed by atoms with Gasteiger partial charge in [0.1, 0.15) is 0 Å². The maximum atomic E-state index is 12.7. The topological polar surface area (TPSA) is 15.3 Å². The van der Waals surface area contributed by atoms with Gasteiger partial charge in [-0.15, -0.1) is 0 Å². The second-order valence-electron chi connectivity index (χ2n) is 5.14. The van der Waals surface area contributed by atoms with E-state index in [9.17, 15) is 13.2 Å². The lowest BCUT2D eigenvalue weighted by molar-refractivity contribution is -0.188. The van der Waals surface area contributed by atoms with Crippen LogP contribution in [0.5, 0.6) is 0 Å². The van der Waals surface area contributed by atoms with Gasteiger partial charge in [-0.1, -0.05) is 13.8 Å². The van der Waals surface area contributed by atoms with Crippen LogP contribution in [-0.4, -0.2) is 43.3 Å². The smallest absolute Gasteiger partial charge is 0.315 e. The lowest BCUT2D eigenvalue weighted by Crippen LogP contribution is -2.49. The molecule has 2 unspecified atom stereocenters.